The van der Waals surface area contributed by atoms with Gasteiger partial charge >= 0.3 is 0 Å². The fraction of sp³-hybridized carbons (Fsp3) is 0.136. The van der Waals surface area contributed by atoms with Crippen LogP contribution in [0.25, 0.3) is 22.4 Å². The maximum atomic E-state index is 10.6. The molecular formula is C22H17Cl4N3O. The van der Waals surface area contributed by atoms with Crippen molar-refractivity contribution in [1.82, 2.24) is 15.3 Å². The fourth-order valence-electron chi connectivity index (χ4n) is 3.26. The Kier molecular flexibility index (Phi) is 6.54. The Hall–Kier alpha value is -1.79. The largest absolute Gasteiger partial charge is 0.374 e. The Balaban J connectivity index is 1.51. The van der Waals surface area contributed by atoms with E-state index in [1.54, 1.807) is 36.4 Å². The molecule has 4 aromatic rings. The van der Waals surface area contributed by atoms with E-state index in [0.29, 0.717) is 50.0 Å². The smallest absolute Gasteiger partial charge is 0.141 e. The number of H-pyrrole nitrogens is 1. The Bertz CT molecular complexity index is 1170. The number of benzene rings is 3. The minimum absolute atomic E-state index is 0.506. The number of nitrogens with one attached hydrogen (secondary N) is 2. The molecule has 8 heteroatoms. The van der Waals surface area contributed by atoms with Gasteiger partial charge in [-0.15, -0.1) is 0 Å². The van der Waals surface area contributed by atoms with Crippen molar-refractivity contribution in [2.24, 2.45) is 0 Å². The second kappa shape index (κ2) is 9.15. The number of rotatable bonds is 6. The van der Waals surface area contributed by atoms with E-state index < -0.39 is 6.23 Å². The minimum atomic E-state index is -0.855. The first kappa shape index (κ1) is 21.4. The summed E-state index contributed by atoms with van der Waals surface area (Å²) < 4.78 is 0. The lowest BCUT2D eigenvalue weighted by atomic mass is 10.1. The first-order chi connectivity index (χ1) is 14.4. The van der Waals surface area contributed by atoms with Gasteiger partial charge in [0.2, 0.25) is 0 Å². The van der Waals surface area contributed by atoms with Gasteiger partial charge < -0.3 is 10.1 Å². The van der Waals surface area contributed by atoms with E-state index in [4.69, 9.17) is 46.4 Å². The first-order valence-electron chi connectivity index (χ1n) is 9.22. The average molecular weight is 481 g/mol. The molecule has 1 unspecified atom stereocenters. The third kappa shape index (κ3) is 4.45. The molecule has 0 spiro atoms. The van der Waals surface area contributed by atoms with Gasteiger partial charge in [-0.25, -0.2) is 4.98 Å². The summed E-state index contributed by atoms with van der Waals surface area (Å²) in [6.07, 6.45) is -0.261. The minimum Gasteiger partial charge on any atom is -0.374 e. The van der Waals surface area contributed by atoms with Crippen molar-refractivity contribution < 1.29 is 5.11 Å². The number of aromatic amines is 1. The van der Waals surface area contributed by atoms with Crippen LogP contribution in [-0.4, -0.2) is 21.6 Å². The van der Waals surface area contributed by atoms with Gasteiger partial charge in [0.15, 0.2) is 0 Å². The molecule has 3 N–H and O–H groups in total. The molecule has 0 radical (unpaired) electrons. The van der Waals surface area contributed by atoms with Crippen LogP contribution in [0.15, 0.2) is 54.6 Å². The van der Waals surface area contributed by atoms with E-state index in [0.717, 1.165) is 16.6 Å². The van der Waals surface area contributed by atoms with Gasteiger partial charge in [-0.1, -0.05) is 64.6 Å². The topological polar surface area (TPSA) is 60.9 Å². The number of aliphatic hydroxyl groups is 1. The van der Waals surface area contributed by atoms with E-state index in [-0.39, 0.29) is 0 Å². The lowest BCUT2D eigenvalue weighted by molar-refractivity contribution is 0.140. The average Bonchev–Trinajstić information content (AvgIpc) is 3.12. The molecule has 0 aliphatic rings. The van der Waals surface area contributed by atoms with Crippen molar-refractivity contribution >= 4 is 57.4 Å². The molecule has 0 saturated carbocycles. The summed E-state index contributed by atoms with van der Waals surface area (Å²) in [7, 11) is 0. The Morgan fingerprint density at radius 1 is 0.900 bits per heavy atom. The van der Waals surface area contributed by atoms with Crippen LogP contribution < -0.4 is 5.32 Å². The number of aromatic nitrogens is 2. The van der Waals surface area contributed by atoms with Gasteiger partial charge in [0, 0.05) is 16.6 Å². The first-order valence-corrected chi connectivity index (χ1v) is 10.7. The fourth-order valence-corrected chi connectivity index (χ4v) is 4.43. The third-order valence-electron chi connectivity index (χ3n) is 4.80. The molecule has 1 heterocycles. The van der Waals surface area contributed by atoms with Crippen LogP contribution in [0.4, 0.5) is 0 Å². The van der Waals surface area contributed by atoms with Gasteiger partial charge in [0.05, 0.1) is 26.6 Å². The van der Waals surface area contributed by atoms with E-state index in [9.17, 15) is 5.11 Å². The van der Waals surface area contributed by atoms with Crippen molar-refractivity contribution in [3.8, 4) is 11.4 Å². The third-order valence-corrected chi connectivity index (χ3v) is 6.13. The number of hydrogen-bond acceptors (Lipinski definition) is 3. The zero-order valence-electron chi connectivity index (χ0n) is 15.6. The molecule has 1 atom stereocenters. The maximum Gasteiger partial charge on any atom is 0.141 e. The predicted molar refractivity (Wildman–Crippen MR) is 125 cm³/mol. The molecule has 4 rings (SSSR count). The molecule has 0 aliphatic heterocycles. The lowest BCUT2D eigenvalue weighted by Crippen LogP contribution is -2.23. The lowest BCUT2D eigenvalue weighted by Gasteiger charge is -2.14. The summed E-state index contributed by atoms with van der Waals surface area (Å²) in [6.45, 7) is 0.506. The summed E-state index contributed by atoms with van der Waals surface area (Å²) in [5.41, 5.74) is 3.72. The van der Waals surface area contributed by atoms with E-state index in [1.807, 2.05) is 18.2 Å². The van der Waals surface area contributed by atoms with E-state index in [2.05, 4.69) is 15.3 Å². The van der Waals surface area contributed by atoms with E-state index >= 15 is 0 Å². The van der Waals surface area contributed by atoms with Gasteiger partial charge in [-0.3, -0.25) is 5.32 Å². The van der Waals surface area contributed by atoms with Crippen molar-refractivity contribution in [1.29, 1.82) is 0 Å². The molecule has 4 nitrogen and oxygen atoms in total. The zero-order chi connectivity index (χ0) is 21.3. The highest BCUT2D eigenvalue weighted by molar-refractivity contribution is 6.39. The van der Waals surface area contributed by atoms with Gasteiger partial charge in [-0.2, -0.15) is 0 Å². The number of imidazole rings is 1. The van der Waals surface area contributed by atoms with Crippen LogP contribution in [0.2, 0.25) is 20.1 Å². The monoisotopic (exact) mass is 479 g/mol. The molecule has 1 aromatic heterocycles. The highest BCUT2D eigenvalue weighted by Crippen LogP contribution is 2.34. The van der Waals surface area contributed by atoms with E-state index in [1.165, 1.54) is 0 Å². The van der Waals surface area contributed by atoms with Crippen LogP contribution in [0.5, 0.6) is 0 Å². The molecule has 0 amide bonds. The van der Waals surface area contributed by atoms with Crippen molar-refractivity contribution in [3.05, 3.63) is 85.8 Å². The number of hydrogen-bond donors (Lipinski definition) is 3. The van der Waals surface area contributed by atoms with Crippen LogP contribution in [-0.2, 0) is 6.42 Å². The summed E-state index contributed by atoms with van der Waals surface area (Å²) >= 11 is 25.0. The number of halogens is 4. The predicted octanol–water partition coefficient (Wildman–Crippen LogP) is 6.67. The van der Waals surface area contributed by atoms with Gasteiger partial charge in [0.25, 0.3) is 0 Å². The molecule has 0 bridgehead atoms. The maximum absolute atomic E-state index is 10.6. The van der Waals surface area contributed by atoms with Crippen molar-refractivity contribution in [2.45, 2.75) is 12.6 Å². The van der Waals surface area contributed by atoms with Crippen molar-refractivity contribution in [3.63, 3.8) is 0 Å². The summed E-state index contributed by atoms with van der Waals surface area (Å²) in [4.78, 5) is 7.80. The number of aliphatic hydroxyl groups excluding tert-OH is 1. The molecule has 154 valence electrons. The Morgan fingerprint density at radius 2 is 1.53 bits per heavy atom. The van der Waals surface area contributed by atoms with Crippen LogP contribution in [0.1, 0.15) is 17.4 Å². The van der Waals surface area contributed by atoms with Crippen molar-refractivity contribution in [2.75, 3.05) is 6.54 Å². The highest BCUT2D eigenvalue weighted by Gasteiger charge is 2.15. The molecule has 3 aromatic carbocycles. The summed E-state index contributed by atoms with van der Waals surface area (Å²) in [5.74, 6) is 0.577. The highest BCUT2D eigenvalue weighted by atomic mass is 35.5. The Labute approximate surface area is 193 Å². The molecule has 0 saturated heterocycles. The molecule has 0 aliphatic carbocycles. The van der Waals surface area contributed by atoms with Crippen LogP contribution >= 0.6 is 46.4 Å². The number of fused-ring (bicyclic) bond motifs is 1. The van der Waals surface area contributed by atoms with Gasteiger partial charge in [-0.05, 0) is 53.9 Å². The molecular weight excluding hydrogens is 464 g/mol. The summed E-state index contributed by atoms with van der Waals surface area (Å²) in [5, 5.41) is 15.9. The van der Waals surface area contributed by atoms with Crippen LogP contribution in [0, 0.1) is 0 Å². The molecule has 30 heavy (non-hydrogen) atoms. The number of nitrogens with zero attached hydrogens (tertiary/aromatic N) is 1. The zero-order valence-corrected chi connectivity index (χ0v) is 18.6. The molecule has 0 fully saturated rings. The second-order valence-electron chi connectivity index (χ2n) is 6.77. The van der Waals surface area contributed by atoms with Crippen LogP contribution in [0.3, 0.4) is 0 Å². The standard InChI is InChI=1S/C22H17Cl4N3O/c23-14-3-1-4-15(24)13(14)9-10-27-22(30)12-7-8-18-19(11-12)29-21(28-18)20-16(25)5-2-6-17(20)26/h1-8,11,22,27,30H,9-10H2,(H,28,29). The van der Waals surface area contributed by atoms with Gasteiger partial charge in [0.1, 0.15) is 12.1 Å². The Morgan fingerprint density at radius 3 is 2.20 bits per heavy atom. The normalized spacial score (nSPS) is 12.4. The second-order valence-corrected chi connectivity index (χ2v) is 8.39. The quantitative estimate of drug-likeness (QED) is 0.270. The SMILES string of the molecule is OC(NCCc1c(Cl)cccc1Cl)c1ccc2nc(-c3c(Cl)cccc3Cl)[nH]c2c1. The summed E-state index contributed by atoms with van der Waals surface area (Å²) in [6, 6.07) is 16.2.